The lowest BCUT2D eigenvalue weighted by molar-refractivity contribution is -0.117. The zero-order chi connectivity index (χ0) is 24.3. The van der Waals surface area contributed by atoms with E-state index >= 15 is 0 Å². The van der Waals surface area contributed by atoms with Crippen molar-refractivity contribution in [2.75, 3.05) is 18.5 Å². The van der Waals surface area contributed by atoms with Crippen molar-refractivity contribution in [3.05, 3.63) is 87.9 Å². The number of benzene rings is 3. The number of amides is 1. The molecule has 3 aromatic carbocycles. The number of hydrogen-bond donors (Lipinski definition) is 1. The lowest BCUT2D eigenvalue weighted by Gasteiger charge is -2.36. The van der Waals surface area contributed by atoms with E-state index in [0.717, 1.165) is 11.1 Å². The molecule has 9 heteroatoms. The number of rotatable bonds is 7. The molecule has 3 aromatic rings. The minimum atomic E-state index is -3.86. The molecule has 0 saturated heterocycles. The molecule has 1 aliphatic rings. The first-order valence-electron chi connectivity index (χ1n) is 10.9. The van der Waals surface area contributed by atoms with Gasteiger partial charge in [-0.05, 0) is 66.9 Å². The first kappa shape index (κ1) is 24.5. The van der Waals surface area contributed by atoms with Crippen molar-refractivity contribution in [1.82, 2.24) is 4.31 Å². The van der Waals surface area contributed by atoms with Gasteiger partial charge in [-0.15, -0.1) is 0 Å². The number of ether oxygens (including phenoxy) is 1. The van der Waals surface area contributed by atoms with E-state index in [1.807, 2.05) is 31.2 Å². The molecule has 0 aromatic heterocycles. The summed E-state index contributed by atoms with van der Waals surface area (Å²) < 4.78 is 34.1. The predicted molar refractivity (Wildman–Crippen MR) is 134 cm³/mol. The van der Waals surface area contributed by atoms with Crippen LogP contribution >= 0.6 is 23.2 Å². The van der Waals surface area contributed by atoms with Crippen molar-refractivity contribution < 1.29 is 17.9 Å². The SMILES string of the molecule is CCOc1ccc(S(=O)(=O)N2CCc3ccccc3[C@@H]2CC(=O)Nc2cc(Cl)cc(Cl)c2)cc1. The summed E-state index contributed by atoms with van der Waals surface area (Å²) in [6.45, 7) is 2.63. The van der Waals surface area contributed by atoms with E-state index in [0.29, 0.717) is 34.5 Å². The molecule has 1 aliphatic heterocycles. The average Bonchev–Trinajstić information content (AvgIpc) is 2.79. The van der Waals surface area contributed by atoms with Crippen molar-refractivity contribution in [1.29, 1.82) is 0 Å². The molecule has 4 rings (SSSR count). The number of anilines is 1. The maximum absolute atomic E-state index is 13.6. The minimum Gasteiger partial charge on any atom is -0.494 e. The van der Waals surface area contributed by atoms with E-state index in [1.165, 1.54) is 16.4 Å². The summed E-state index contributed by atoms with van der Waals surface area (Å²) in [5.74, 6) is 0.258. The van der Waals surface area contributed by atoms with Crippen LogP contribution in [0.1, 0.15) is 30.5 Å². The quantitative estimate of drug-likeness (QED) is 0.434. The number of hydrogen-bond acceptors (Lipinski definition) is 4. The highest BCUT2D eigenvalue weighted by Gasteiger charge is 2.37. The molecule has 1 amide bonds. The Hall–Kier alpha value is -2.58. The lowest BCUT2D eigenvalue weighted by Crippen LogP contribution is -2.41. The summed E-state index contributed by atoms with van der Waals surface area (Å²) in [4.78, 5) is 13.2. The Labute approximate surface area is 209 Å². The van der Waals surface area contributed by atoms with Gasteiger partial charge in [0.1, 0.15) is 5.75 Å². The number of halogens is 2. The minimum absolute atomic E-state index is 0.0581. The maximum atomic E-state index is 13.6. The standard InChI is InChI=1S/C25H24Cl2N2O4S/c1-2-33-21-7-9-22(10-8-21)34(31,32)29-12-11-17-5-3-4-6-23(17)24(29)16-25(30)28-20-14-18(26)13-19(27)15-20/h3-10,13-15,24H,2,11-12,16H2,1H3,(H,28,30)/t24-/m0/s1. The molecule has 6 nitrogen and oxygen atoms in total. The Balaban J connectivity index is 1.64. The number of nitrogens with one attached hydrogen (secondary N) is 1. The molecular formula is C25H24Cl2N2O4S. The summed E-state index contributed by atoms with van der Waals surface area (Å²) in [6, 6.07) is 18.1. The van der Waals surface area contributed by atoms with Crippen molar-refractivity contribution in [2.24, 2.45) is 0 Å². The predicted octanol–water partition coefficient (Wildman–Crippen LogP) is 5.71. The molecule has 0 spiro atoms. The number of carbonyl (C=O) groups is 1. The van der Waals surface area contributed by atoms with Gasteiger partial charge in [-0.2, -0.15) is 4.31 Å². The van der Waals surface area contributed by atoms with Crippen LogP contribution in [0.4, 0.5) is 5.69 Å². The lowest BCUT2D eigenvalue weighted by atomic mass is 9.92. The molecule has 0 bridgehead atoms. The van der Waals surface area contributed by atoms with Crippen LogP contribution in [0.2, 0.25) is 10.0 Å². The van der Waals surface area contributed by atoms with Crippen LogP contribution in [0.5, 0.6) is 5.75 Å². The average molecular weight is 519 g/mol. The Morgan fingerprint density at radius 2 is 1.74 bits per heavy atom. The zero-order valence-electron chi connectivity index (χ0n) is 18.5. The largest absolute Gasteiger partial charge is 0.494 e. The fraction of sp³-hybridized carbons (Fsp3) is 0.240. The van der Waals surface area contributed by atoms with Gasteiger partial charge in [0.15, 0.2) is 0 Å². The molecule has 0 fully saturated rings. The van der Waals surface area contributed by atoms with Crippen molar-refractivity contribution in [3.8, 4) is 5.75 Å². The van der Waals surface area contributed by atoms with Crippen LogP contribution in [0.15, 0.2) is 71.6 Å². The first-order chi connectivity index (χ1) is 16.3. The van der Waals surface area contributed by atoms with E-state index < -0.39 is 16.1 Å². The second-order valence-electron chi connectivity index (χ2n) is 7.90. The summed E-state index contributed by atoms with van der Waals surface area (Å²) in [5, 5.41) is 3.58. The van der Waals surface area contributed by atoms with Gasteiger partial charge < -0.3 is 10.1 Å². The molecule has 0 unspecified atom stereocenters. The summed E-state index contributed by atoms with van der Waals surface area (Å²) >= 11 is 12.1. The van der Waals surface area contributed by atoms with Gasteiger partial charge in [0, 0.05) is 28.7 Å². The molecule has 1 heterocycles. The molecule has 1 atom stereocenters. The van der Waals surface area contributed by atoms with Crippen LogP contribution in [-0.2, 0) is 21.2 Å². The van der Waals surface area contributed by atoms with Crippen LogP contribution < -0.4 is 10.1 Å². The smallest absolute Gasteiger partial charge is 0.243 e. The van der Waals surface area contributed by atoms with Gasteiger partial charge in [-0.1, -0.05) is 47.5 Å². The van der Waals surface area contributed by atoms with E-state index in [2.05, 4.69) is 5.32 Å². The van der Waals surface area contributed by atoms with Crippen LogP contribution in [-0.4, -0.2) is 31.8 Å². The third-order valence-corrected chi connectivity index (χ3v) is 7.99. The van der Waals surface area contributed by atoms with Gasteiger partial charge in [-0.3, -0.25) is 4.79 Å². The van der Waals surface area contributed by atoms with Crippen molar-refractivity contribution >= 4 is 44.8 Å². The zero-order valence-corrected chi connectivity index (χ0v) is 20.8. The van der Waals surface area contributed by atoms with Crippen LogP contribution in [0, 0.1) is 0 Å². The van der Waals surface area contributed by atoms with E-state index in [1.54, 1.807) is 30.3 Å². The van der Waals surface area contributed by atoms with Gasteiger partial charge in [0.05, 0.1) is 17.5 Å². The summed E-state index contributed by atoms with van der Waals surface area (Å²) in [6.07, 6.45) is 0.506. The van der Waals surface area contributed by atoms with Crippen LogP contribution in [0.3, 0.4) is 0 Å². The van der Waals surface area contributed by atoms with Crippen LogP contribution in [0.25, 0.3) is 0 Å². The Kier molecular flexibility index (Phi) is 7.48. The third-order valence-electron chi connectivity index (χ3n) is 5.63. The Morgan fingerprint density at radius 1 is 1.06 bits per heavy atom. The first-order valence-corrected chi connectivity index (χ1v) is 13.1. The van der Waals surface area contributed by atoms with Gasteiger partial charge >= 0.3 is 0 Å². The molecular weight excluding hydrogens is 495 g/mol. The normalized spacial score (nSPS) is 16.0. The monoisotopic (exact) mass is 518 g/mol. The third kappa shape index (κ3) is 5.39. The number of carbonyl (C=O) groups excluding carboxylic acids is 1. The van der Waals surface area contributed by atoms with E-state index in [4.69, 9.17) is 27.9 Å². The molecule has 0 aliphatic carbocycles. The summed E-state index contributed by atoms with van der Waals surface area (Å²) in [5.41, 5.74) is 2.30. The highest BCUT2D eigenvalue weighted by Crippen LogP contribution is 2.37. The Bertz CT molecular complexity index is 1280. The highest BCUT2D eigenvalue weighted by molar-refractivity contribution is 7.89. The number of nitrogens with zero attached hydrogens (tertiary/aromatic N) is 1. The van der Waals surface area contributed by atoms with E-state index in [9.17, 15) is 13.2 Å². The Morgan fingerprint density at radius 3 is 2.41 bits per heavy atom. The molecule has 0 saturated carbocycles. The summed E-state index contributed by atoms with van der Waals surface area (Å²) in [7, 11) is -3.86. The van der Waals surface area contributed by atoms with Gasteiger partial charge in [0.2, 0.25) is 15.9 Å². The number of sulfonamides is 1. The molecule has 0 radical (unpaired) electrons. The highest BCUT2D eigenvalue weighted by atomic mass is 35.5. The van der Waals surface area contributed by atoms with E-state index in [-0.39, 0.29) is 23.8 Å². The number of fused-ring (bicyclic) bond motifs is 1. The van der Waals surface area contributed by atoms with Crippen molar-refractivity contribution in [2.45, 2.75) is 30.7 Å². The maximum Gasteiger partial charge on any atom is 0.243 e. The van der Waals surface area contributed by atoms with Gasteiger partial charge in [0.25, 0.3) is 0 Å². The fourth-order valence-electron chi connectivity index (χ4n) is 4.15. The van der Waals surface area contributed by atoms with Gasteiger partial charge in [-0.25, -0.2) is 8.42 Å². The second kappa shape index (κ2) is 10.4. The second-order valence-corrected chi connectivity index (χ2v) is 10.7. The molecule has 1 N–H and O–H groups in total. The fourth-order valence-corrected chi connectivity index (χ4v) is 6.28. The molecule has 34 heavy (non-hydrogen) atoms. The topological polar surface area (TPSA) is 75.7 Å². The molecule has 178 valence electrons. The van der Waals surface area contributed by atoms with Crippen molar-refractivity contribution in [3.63, 3.8) is 0 Å².